The first-order chi connectivity index (χ1) is 16.9. The molecule has 2 aromatic rings. The molecule has 0 unspecified atom stereocenters. The largest absolute Gasteiger partial charge is 0.355 e. The van der Waals surface area contributed by atoms with Crippen LogP contribution in [0.15, 0.2) is 36.4 Å². The minimum Gasteiger partial charge on any atom is -0.355 e. The summed E-state index contributed by atoms with van der Waals surface area (Å²) in [6.45, 7) is 8.33. The lowest BCUT2D eigenvalue weighted by molar-refractivity contribution is -0.141. The molecule has 36 heavy (non-hydrogen) atoms. The lowest BCUT2D eigenvalue weighted by Crippen LogP contribution is -2.49. The average molecular weight is 557 g/mol. The van der Waals surface area contributed by atoms with Crippen molar-refractivity contribution in [3.63, 3.8) is 0 Å². The number of hydrogen-bond acceptors (Lipinski definition) is 4. The zero-order chi connectivity index (χ0) is 27.0. The Kier molecular flexibility index (Phi) is 11.1. The van der Waals surface area contributed by atoms with Crippen LogP contribution in [0.3, 0.4) is 0 Å². The highest BCUT2D eigenvalue weighted by Crippen LogP contribution is 2.25. The van der Waals surface area contributed by atoms with Gasteiger partial charge in [-0.05, 0) is 74.6 Å². The fraction of sp³-hybridized carbons (Fsp3) is 0.462. The normalized spacial score (nSPS) is 12.2. The molecule has 0 heterocycles. The molecule has 198 valence electrons. The van der Waals surface area contributed by atoms with Crippen molar-refractivity contribution in [3.8, 4) is 0 Å². The fourth-order valence-corrected chi connectivity index (χ4v) is 5.21. The first kappa shape index (κ1) is 29.9. The van der Waals surface area contributed by atoms with Crippen LogP contribution in [0, 0.1) is 13.8 Å². The molecule has 0 radical (unpaired) electrons. The van der Waals surface area contributed by atoms with E-state index >= 15 is 0 Å². The van der Waals surface area contributed by atoms with Crippen LogP contribution < -0.4 is 9.62 Å². The van der Waals surface area contributed by atoms with E-state index in [2.05, 4.69) is 5.32 Å². The maximum atomic E-state index is 13.4. The van der Waals surface area contributed by atoms with E-state index in [1.165, 1.54) is 9.21 Å². The van der Waals surface area contributed by atoms with Gasteiger partial charge in [0.15, 0.2) is 0 Å². The van der Waals surface area contributed by atoms with Gasteiger partial charge in [0.1, 0.15) is 6.04 Å². The highest BCUT2D eigenvalue weighted by Gasteiger charge is 2.28. The predicted molar refractivity (Wildman–Crippen MR) is 147 cm³/mol. The topological polar surface area (TPSA) is 86.8 Å². The van der Waals surface area contributed by atoms with Crippen molar-refractivity contribution in [1.29, 1.82) is 0 Å². The van der Waals surface area contributed by atoms with Gasteiger partial charge in [0.2, 0.25) is 21.8 Å². The fourth-order valence-electron chi connectivity index (χ4n) is 3.93. The van der Waals surface area contributed by atoms with Crippen LogP contribution in [0.1, 0.15) is 49.8 Å². The van der Waals surface area contributed by atoms with Crippen LogP contribution in [0.2, 0.25) is 10.0 Å². The minimum absolute atomic E-state index is 0.0775. The third-order valence-corrected chi connectivity index (χ3v) is 7.94. The zero-order valence-corrected chi connectivity index (χ0v) is 23.8. The number of likely N-dealkylation sites (N-methyl/N-ethyl adjacent to an activating group) is 1. The molecule has 0 aromatic heterocycles. The van der Waals surface area contributed by atoms with Crippen molar-refractivity contribution in [2.24, 2.45) is 0 Å². The van der Waals surface area contributed by atoms with Crippen LogP contribution in [0.4, 0.5) is 5.69 Å². The number of nitrogens with zero attached hydrogens (tertiary/aromatic N) is 2. The lowest BCUT2D eigenvalue weighted by Gasteiger charge is -2.31. The van der Waals surface area contributed by atoms with Gasteiger partial charge in [-0.25, -0.2) is 8.42 Å². The van der Waals surface area contributed by atoms with Crippen molar-refractivity contribution in [2.45, 2.75) is 59.5 Å². The molecule has 7 nitrogen and oxygen atoms in total. The molecular formula is C26H35Cl2N3O4S. The Labute approximate surface area is 224 Å². The van der Waals surface area contributed by atoms with Crippen LogP contribution >= 0.6 is 23.2 Å². The van der Waals surface area contributed by atoms with E-state index in [1.54, 1.807) is 24.3 Å². The van der Waals surface area contributed by atoms with E-state index in [4.69, 9.17) is 23.2 Å². The second-order valence-corrected chi connectivity index (χ2v) is 11.5. The Morgan fingerprint density at radius 1 is 1.00 bits per heavy atom. The summed E-state index contributed by atoms with van der Waals surface area (Å²) in [7, 11) is -3.55. The third-order valence-electron chi connectivity index (χ3n) is 6.00. The summed E-state index contributed by atoms with van der Waals surface area (Å²) in [5.41, 5.74) is 3.36. The van der Waals surface area contributed by atoms with E-state index in [1.807, 2.05) is 39.8 Å². The summed E-state index contributed by atoms with van der Waals surface area (Å²) in [5, 5.41) is 3.57. The van der Waals surface area contributed by atoms with Crippen molar-refractivity contribution < 1.29 is 18.0 Å². The quantitative estimate of drug-likeness (QED) is 0.394. The number of sulfonamides is 1. The maximum absolute atomic E-state index is 13.4. The monoisotopic (exact) mass is 555 g/mol. The molecule has 1 atom stereocenters. The van der Waals surface area contributed by atoms with Crippen molar-refractivity contribution in [3.05, 3.63) is 63.1 Å². The molecule has 0 saturated heterocycles. The third kappa shape index (κ3) is 8.11. The van der Waals surface area contributed by atoms with Crippen LogP contribution in [0.25, 0.3) is 0 Å². The summed E-state index contributed by atoms with van der Waals surface area (Å²) < 4.78 is 26.3. The van der Waals surface area contributed by atoms with E-state index in [9.17, 15) is 18.0 Å². The molecule has 0 aliphatic carbocycles. The summed E-state index contributed by atoms with van der Waals surface area (Å²) in [6, 6.07) is 9.91. The number of rotatable bonds is 12. The van der Waals surface area contributed by atoms with Gasteiger partial charge in [0, 0.05) is 26.1 Å². The smallest absolute Gasteiger partial charge is 0.242 e. The molecule has 1 N–H and O–H groups in total. The molecule has 10 heteroatoms. The highest BCUT2D eigenvalue weighted by molar-refractivity contribution is 7.92. The van der Waals surface area contributed by atoms with Gasteiger partial charge in [0.05, 0.1) is 22.0 Å². The van der Waals surface area contributed by atoms with Crippen LogP contribution in [-0.2, 0) is 26.2 Å². The summed E-state index contributed by atoms with van der Waals surface area (Å²) in [5.74, 6) is -0.478. The molecule has 0 spiro atoms. The SMILES string of the molecule is CCNC(=O)[C@H](CC)N(Cc1ccc(Cl)c(Cl)c1)C(=O)CCCN(c1ccc(C)c(C)c1)S(C)(=O)=O. The Balaban J connectivity index is 2.24. The first-order valence-corrected chi connectivity index (χ1v) is 14.6. The van der Waals surface area contributed by atoms with Gasteiger partial charge in [-0.2, -0.15) is 0 Å². The second-order valence-electron chi connectivity index (χ2n) is 8.80. The minimum atomic E-state index is -3.55. The Hall–Kier alpha value is -2.29. The van der Waals surface area contributed by atoms with E-state index in [-0.39, 0.29) is 31.3 Å². The molecule has 2 aromatic carbocycles. The molecule has 0 aliphatic rings. The number of nitrogens with one attached hydrogen (secondary N) is 1. The first-order valence-electron chi connectivity index (χ1n) is 11.9. The number of carbonyl (C=O) groups is 2. The molecule has 0 saturated carbocycles. The highest BCUT2D eigenvalue weighted by atomic mass is 35.5. The van der Waals surface area contributed by atoms with Crippen molar-refractivity contribution in [1.82, 2.24) is 10.2 Å². The number of aryl methyl sites for hydroxylation is 2. The Morgan fingerprint density at radius 3 is 2.25 bits per heavy atom. The van der Waals surface area contributed by atoms with E-state index < -0.39 is 16.1 Å². The predicted octanol–water partition coefficient (Wildman–Crippen LogP) is 5.10. The lowest BCUT2D eigenvalue weighted by atomic mass is 10.1. The Morgan fingerprint density at radius 2 is 1.69 bits per heavy atom. The molecule has 0 aliphatic heterocycles. The number of carbonyl (C=O) groups excluding carboxylic acids is 2. The molecule has 0 fully saturated rings. The number of halogens is 2. The van der Waals surface area contributed by atoms with Gasteiger partial charge in [-0.15, -0.1) is 0 Å². The van der Waals surface area contributed by atoms with Gasteiger partial charge in [0.25, 0.3) is 0 Å². The molecule has 2 amide bonds. The van der Waals surface area contributed by atoms with Crippen molar-refractivity contribution in [2.75, 3.05) is 23.7 Å². The van der Waals surface area contributed by atoms with Gasteiger partial charge in [-0.1, -0.05) is 42.3 Å². The van der Waals surface area contributed by atoms with Gasteiger partial charge < -0.3 is 10.2 Å². The number of hydrogen-bond donors (Lipinski definition) is 1. The molecular weight excluding hydrogens is 521 g/mol. The maximum Gasteiger partial charge on any atom is 0.242 e. The molecule has 0 bridgehead atoms. The number of anilines is 1. The zero-order valence-electron chi connectivity index (χ0n) is 21.5. The summed E-state index contributed by atoms with van der Waals surface area (Å²) in [4.78, 5) is 27.7. The van der Waals surface area contributed by atoms with Gasteiger partial charge >= 0.3 is 0 Å². The summed E-state index contributed by atoms with van der Waals surface area (Å²) in [6.07, 6.45) is 1.95. The van der Waals surface area contributed by atoms with E-state index in [0.29, 0.717) is 35.1 Å². The second kappa shape index (κ2) is 13.3. The number of amides is 2. The standard InChI is InChI=1S/C26H35Cl2N3O4S/c1-6-24(26(33)29-7-2)30(17-20-11-13-22(27)23(28)16-20)25(32)9-8-14-31(36(5,34)35)21-12-10-18(3)19(4)15-21/h10-13,15-16,24H,6-9,14,17H2,1-5H3,(H,29,33)/t24-/m0/s1. The Bertz CT molecular complexity index is 1190. The van der Waals surface area contributed by atoms with E-state index in [0.717, 1.165) is 22.9 Å². The van der Waals surface area contributed by atoms with Crippen LogP contribution in [0.5, 0.6) is 0 Å². The average Bonchev–Trinajstić information content (AvgIpc) is 2.80. The summed E-state index contributed by atoms with van der Waals surface area (Å²) >= 11 is 12.2. The van der Waals surface area contributed by atoms with Gasteiger partial charge in [-0.3, -0.25) is 13.9 Å². The molecule has 2 rings (SSSR count). The number of benzene rings is 2. The van der Waals surface area contributed by atoms with Crippen LogP contribution in [-0.4, -0.2) is 50.5 Å². The van der Waals surface area contributed by atoms with Crippen molar-refractivity contribution >= 4 is 50.7 Å².